The zero-order valence-electron chi connectivity index (χ0n) is 13.3. The summed E-state index contributed by atoms with van der Waals surface area (Å²) in [5.41, 5.74) is 0.518. The van der Waals surface area contributed by atoms with E-state index in [1.165, 1.54) is 18.2 Å². The third kappa shape index (κ3) is 4.28. The SMILES string of the molecule is CCOC(=O)C=Cc1cc(-c2ccc(C(F)(F)F)cc2)oc1CC. The molecule has 2 rings (SSSR count). The van der Waals surface area contributed by atoms with Gasteiger partial charge in [-0.3, -0.25) is 0 Å². The van der Waals surface area contributed by atoms with Gasteiger partial charge in [0.15, 0.2) is 0 Å². The highest BCUT2D eigenvalue weighted by molar-refractivity contribution is 5.87. The van der Waals surface area contributed by atoms with E-state index in [4.69, 9.17) is 9.15 Å². The van der Waals surface area contributed by atoms with Gasteiger partial charge in [-0.1, -0.05) is 19.1 Å². The molecule has 0 atom stereocenters. The third-order valence-corrected chi connectivity index (χ3v) is 3.35. The lowest BCUT2D eigenvalue weighted by molar-refractivity contribution is -0.138. The van der Waals surface area contributed by atoms with Crippen molar-refractivity contribution in [2.75, 3.05) is 6.61 Å². The van der Waals surface area contributed by atoms with Gasteiger partial charge in [-0.25, -0.2) is 4.79 Å². The molecule has 1 aromatic carbocycles. The number of rotatable bonds is 5. The van der Waals surface area contributed by atoms with E-state index in [9.17, 15) is 18.0 Å². The predicted octanol–water partition coefficient (Wildman–Crippen LogP) is 5.10. The molecule has 0 spiro atoms. The molecule has 0 fully saturated rings. The van der Waals surface area contributed by atoms with Crippen molar-refractivity contribution in [2.24, 2.45) is 0 Å². The number of hydrogen-bond donors (Lipinski definition) is 0. The number of ether oxygens (including phenoxy) is 1. The van der Waals surface area contributed by atoms with Crippen molar-refractivity contribution in [1.82, 2.24) is 0 Å². The Bertz CT molecular complexity index is 725. The predicted molar refractivity (Wildman–Crippen MR) is 84.2 cm³/mol. The fourth-order valence-corrected chi connectivity index (χ4v) is 2.17. The number of esters is 1. The van der Waals surface area contributed by atoms with Gasteiger partial charge in [-0.2, -0.15) is 13.2 Å². The van der Waals surface area contributed by atoms with E-state index in [1.807, 2.05) is 6.92 Å². The Kier molecular flexibility index (Phi) is 5.49. The Morgan fingerprint density at radius 3 is 2.42 bits per heavy atom. The summed E-state index contributed by atoms with van der Waals surface area (Å²) in [5, 5.41) is 0. The number of alkyl halides is 3. The lowest BCUT2D eigenvalue weighted by atomic mass is 10.1. The topological polar surface area (TPSA) is 39.4 Å². The van der Waals surface area contributed by atoms with Crippen LogP contribution in [0.3, 0.4) is 0 Å². The molecule has 1 heterocycles. The summed E-state index contributed by atoms with van der Waals surface area (Å²) in [4.78, 5) is 11.4. The maximum absolute atomic E-state index is 12.6. The molecule has 0 aliphatic carbocycles. The molecule has 128 valence electrons. The van der Waals surface area contributed by atoms with Crippen molar-refractivity contribution in [3.05, 3.63) is 53.3 Å². The monoisotopic (exact) mass is 338 g/mol. The minimum absolute atomic E-state index is 0.284. The van der Waals surface area contributed by atoms with Gasteiger partial charge in [0, 0.05) is 23.6 Å². The first kappa shape index (κ1) is 17.8. The largest absolute Gasteiger partial charge is 0.463 e. The number of halogens is 3. The Hall–Kier alpha value is -2.50. The van der Waals surface area contributed by atoms with Gasteiger partial charge in [0.1, 0.15) is 11.5 Å². The smallest absolute Gasteiger partial charge is 0.416 e. The second kappa shape index (κ2) is 7.38. The summed E-state index contributed by atoms with van der Waals surface area (Å²) in [5.74, 6) is 0.631. The van der Waals surface area contributed by atoms with E-state index in [-0.39, 0.29) is 6.61 Å². The van der Waals surface area contributed by atoms with Gasteiger partial charge in [0.2, 0.25) is 0 Å². The van der Waals surface area contributed by atoms with E-state index >= 15 is 0 Å². The van der Waals surface area contributed by atoms with Gasteiger partial charge >= 0.3 is 12.1 Å². The van der Waals surface area contributed by atoms with Crippen LogP contribution in [-0.4, -0.2) is 12.6 Å². The summed E-state index contributed by atoms with van der Waals surface area (Å²) >= 11 is 0. The second-order valence-corrected chi connectivity index (χ2v) is 5.00. The molecule has 0 N–H and O–H groups in total. The van der Waals surface area contributed by atoms with Crippen molar-refractivity contribution < 1.29 is 27.1 Å². The van der Waals surface area contributed by atoms with Crippen LogP contribution in [0.5, 0.6) is 0 Å². The number of furan rings is 1. The number of carbonyl (C=O) groups is 1. The fourth-order valence-electron chi connectivity index (χ4n) is 2.17. The van der Waals surface area contributed by atoms with E-state index in [1.54, 1.807) is 19.1 Å². The zero-order valence-corrected chi connectivity index (χ0v) is 13.3. The first-order valence-electron chi connectivity index (χ1n) is 7.50. The van der Waals surface area contributed by atoms with Crippen LogP contribution in [0.1, 0.15) is 30.7 Å². The van der Waals surface area contributed by atoms with Crippen molar-refractivity contribution in [1.29, 1.82) is 0 Å². The van der Waals surface area contributed by atoms with E-state index < -0.39 is 17.7 Å². The number of carbonyl (C=O) groups excluding carboxylic acids is 1. The molecule has 0 amide bonds. The molecule has 24 heavy (non-hydrogen) atoms. The van der Waals surface area contributed by atoms with Crippen LogP contribution >= 0.6 is 0 Å². The molecular weight excluding hydrogens is 321 g/mol. The van der Waals surface area contributed by atoms with E-state index in [2.05, 4.69) is 0 Å². The van der Waals surface area contributed by atoms with Crippen molar-refractivity contribution in [3.8, 4) is 11.3 Å². The minimum atomic E-state index is -4.37. The molecule has 0 unspecified atom stereocenters. The number of aryl methyl sites for hydroxylation is 1. The van der Waals surface area contributed by atoms with Gasteiger partial charge in [-0.05, 0) is 31.2 Å². The van der Waals surface area contributed by atoms with Gasteiger partial charge in [-0.15, -0.1) is 0 Å². The first-order chi connectivity index (χ1) is 11.3. The molecule has 0 saturated carbocycles. The van der Waals surface area contributed by atoms with Crippen LogP contribution in [0.2, 0.25) is 0 Å². The average molecular weight is 338 g/mol. The van der Waals surface area contributed by atoms with Crippen molar-refractivity contribution >= 4 is 12.0 Å². The minimum Gasteiger partial charge on any atom is -0.463 e. The number of benzene rings is 1. The zero-order chi connectivity index (χ0) is 17.7. The maximum atomic E-state index is 12.6. The standard InChI is InChI=1S/C18H17F3O3/c1-3-15-13(7-10-17(22)23-4-2)11-16(24-15)12-5-8-14(9-6-12)18(19,20)21/h5-11H,3-4H2,1-2H3. The summed E-state index contributed by atoms with van der Waals surface area (Å²) in [6.07, 6.45) is -0.912. The molecule has 0 radical (unpaired) electrons. The highest BCUT2D eigenvalue weighted by Gasteiger charge is 2.30. The Morgan fingerprint density at radius 2 is 1.88 bits per heavy atom. The molecular formula is C18H17F3O3. The molecule has 3 nitrogen and oxygen atoms in total. The summed E-state index contributed by atoms with van der Waals surface area (Å²) in [6, 6.07) is 6.44. The van der Waals surface area contributed by atoms with E-state index in [0.29, 0.717) is 29.1 Å². The summed E-state index contributed by atoms with van der Waals surface area (Å²) < 4.78 is 48.3. The van der Waals surface area contributed by atoms with Crippen LogP contribution in [0.15, 0.2) is 40.8 Å². The number of hydrogen-bond acceptors (Lipinski definition) is 3. The van der Waals surface area contributed by atoms with Crippen LogP contribution < -0.4 is 0 Å². The third-order valence-electron chi connectivity index (χ3n) is 3.35. The van der Waals surface area contributed by atoms with Crippen LogP contribution in [0, 0.1) is 0 Å². The summed E-state index contributed by atoms with van der Waals surface area (Å²) in [6.45, 7) is 3.88. The Balaban J connectivity index is 2.27. The van der Waals surface area contributed by atoms with Crippen molar-refractivity contribution in [2.45, 2.75) is 26.4 Å². The molecule has 0 saturated heterocycles. The summed E-state index contributed by atoms with van der Waals surface area (Å²) in [7, 11) is 0. The lowest BCUT2D eigenvalue weighted by Gasteiger charge is -2.06. The molecule has 2 aromatic rings. The lowest BCUT2D eigenvalue weighted by Crippen LogP contribution is -2.03. The highest BCUT2D eigenvalue weighted by atomic mass is 19.4. The van der Waals surface area contributed by atoms with Gasteiger partial charge < -0.3 is 9.15 Å². The fraction of sp³-hybridized carbons (Fsp3) is 0.278. The molecule has 1 aromatic heterocycles. The van der Waals surface area contributed by atoms with Gasteiger partial charge in [0.25, 0.3) is 0 Å². The average Bonchev–Trinajstić information content (AvgIpc) is 2.96. The Morgan fingerprint density at radius 1 is 1.21 bits per heavy atom. The second-order valence-electron chi connectivity index (χ2n) is 5.00. The Labute approximate surface area is 137 Å². The molecule has 0 aliphatic heterocycles. The van der Waals surface area contributed by atoms with Crippen LogP contribution in [0.4, 0.5) is 13.2 Å². The first-order valence-corrected chi connectivity index (χ1v) is 7.50. The van der Waals surface area contributed by atoms with E-state index in [0.717, 1.165) is 12.1 Å². The molecule has 0 bridgehead atoms. The van der Waals surface area contributed by atoms with Crippen LogP contribution in [0.25, 0.3) is 17.4 Å². The maximum Gasteiger partial charge on any atom is 0.416 e. The molecule has 6 heteroatoms. The van der Waals surface area contributed by atoms with Crippen LogP contribution in [-0.2, 0) is 22.1 Å². The van der Waals surface area contributed by atoms with Gasteiger partial charge in [0.05, 0.1) is 12.2 Å². The van der Waals surface area contributed by atoms with Crippen molar-refractivity contribution in [3.63, 3.8) is 0 Å². The quantitative estimate of drug-likeness (QED) is 0.562. The molecule has 0 aliphatic rings. The highest BCUT2D eigenvalue weighted by Crippen LogP contribution is 2.32. The normalized spacial score (nSPS) is 11.9.